The first-order chi connectivity index (χ1) is 15.6. The Morgan fingerprint density at radius 2 is 1.58 bits per heavy atom. The predicted octanol–water partition coefficient (Wildman–Crippen LogP) is 5.39. The first-order valence-corrected chi connectivity index (χ1v) is 12.5. The molecule has 1 aromatic heterocycles. The minimum Gasteiger partial charge on any atom is -0.399 e. The van der Waals surface area contributed by atoms with Gasteiger partial charge in [-0.2, -0.15) is 5.10 Å². The van der Waals surface area contributed by atoms with Gasteiger partial charge in [0, 0.05) is 16.2 Å². The summed E-state index contributed by atoms with van der Waals surface area (Å²) in [5, 5.41) is 10.7. The van der Waals surface area contributed by atoms with E-state index in [9.17, 15) is 0 Å². The van der Waals surface area contributed by atoms with E-state index >= 15 is 0 Å². The maximum atomic E-state index is 6.20. The van der Waals surface area contributed by atoms with Crippen molar-refractivity contribution in [1.82, 2.24) is 9.78 Å². The van der Waals surface area contributed by atoms with E-state index in [0.29, 0.717) is 5.92 Å². The van der Waals surface area contributed by atoms with Gasteiger partial charge < -0.3 is 9.31 Å². The molecule has 4 rings (SSSR count). The first kappa shape index (κ1) is 24.1. The molecule has 0 radical (unpaired) electrons. The fourth-order valence-electron chi connectivity index (χ4n) is 3.86. The number of hydrogen-bond acceptors (Lipinski definition) is 5. The van der Waals surface area contributed by atoms with Crippen LogP contribution < -0.4 is 10.6 Å². The Kier molecular flexibility index (Phi) is 6.79. The van der Waals surface area contributed by atoms with Crippen LogP contribution in [0.2, 0.25) is 0 Å². The molecule has 5 nitrogen and oxygen atoms in total. The highest BCUT2D eigenvalue weighted by atomic mass is 32.2. The molecule has 0 aliphatic carbocycles. The fourth-order valence-corrected chi connectivity index (χ4v) is 4.15. The molecule has 1 aliphatic rings. The number of aryl methyl sites for hydroxylation is 1. The Bertz CT molecular complexity index is 1080. The Labute approximate surface area is 202 Å². The molecule has 2 N–H and O–H groups in total. The van der Waals surface area contributed by atoms with Crippen LogP contribution in [0.15, 0.2) is 59.5 Å². The Morgan fingerprint density at radius 3 is 2.12 bits per heavy atom. The summed E-state index contributed by atoms with van der Waals surface area (Å²) in [5.41, 5.74) is 4.62. The highest BCUT2D eigenvalue weighted by molar-refractivity contribution is 7.97. The molecule has 0 atom stereocenters. The van der Waals surface area contributed by atoms with Gasteiger partial charge in [-0.15, -0.1) is 0 Å². The van der Waals surface area contributed by atoms with E-state index in [0.717, 1.165) is 40.1 Å². The quantitative estimate of drug-likeness (QED) is 0.376. The summed E-state index contributed by atoms with van der Waals surface area (Å²) in [6, 6.07) is 18.8. The van der Waals surface area contributed by atoms with E-state index in [2.05, 4.69) is 88.7 Å². The molecular weight excluding hydrogens is 429 g/mol. The lowest BCUT2D eigenvalue weighted by Gasteiger charge is -2.32. The second-order valence-electron chi connectivity index (χ2n) is 10.2. The van der Waals surface area contributed by atoms with Gasteiger partial charge >= 0.3 is 7.12 Å². The number of aromatic nitrogens is 2. The van der Waals surface area contributed by atoms with E-state index in [1.165, 1.54) is 17.6 Å². The van der Waals surface area contributed by atoms with Gasteiger partial charge in [0.1, 0.15) is 0 Å². The summed E-state index contributed by atoms with van der Waals surface area (Å²) in [7, 11) is -0.359. The number of rotatable bonds is 7. The van der Waals surface area contributed by atoms with Crippen molar-refractivity contribution in [2.24, 2.45) is 11.1 Å². The van der Waals surface area contributed by atoms with Crippen molar-refractivity contribution >= 4 is 24.5 Å². The van der Waals surface area contributed by atoms with Crippen molar-refractivity contribution in [1.29, 1.82) is 0 Å². The lowest BCUT2D eigenvalue weighted by atomic mass is 9.79. The molecule has 33 heavy (non-hydrogen) atoms. The zero-order valence-corrected chi connectivity index (χ0v) is 21.3. The van der Waals surface area contributed by atoms with Crippen LogP contribution >= 0.6 is 11.9 Å². The molecular formula is C26H34BN3O2S. The number of benzene rings is 2. The summed E-state index contributed by atoms with van der Waals surface area (Å²) in [6.45, 7) is 12.8. The second-order valence-corrected chi connectivity index (χ2v) is 10.9. The fraction of sp³-hybridized carbons (Fsp3) is 0.423. The summed E-state index contributed by atoms with van der Waals surface area (Å²) in [6.07, 6.45) is 2.09. The first-order valence-electron chi connectivity index (χ1n) is 11.6. The van der Waals surface area contributed by atoms with Crippen LogP contribution in [0.3, 0.4) is 0 Å². The van der Waals surface area contributed by atoms with Crippen LogP contribution in [0.5, 0.6) is 0 Å². The standard InChI is InChI=1S/C26H34BN3O2S/c1-18(2)7-12-22-17-24(29-30(22)21-13-15-23(33-28)16-14-21)19-8-10-20(11-9-19)27-31-25(3,4)26(5,6)32-27/h8-11,13-18H,7,12,28H2,1-6H3. The molecule has 1 aliphatic heterocycles. The van der Waals surface area contributed by atoms with Crippen LogP contribution in [0.25, 0.3) is 16.9 Å². The minimum absolute atomic E-state index is 0.349. The predicted molar refractivity (Wildman–Crippen MR) is 138 cm³/mol. The van der Waals surface area contributed by atoms with E-state index in [1.807, 2.05) is 12.1 Å². The average molecular weight is 463 g/mol. The van der Waals surface area contributed by atoms with Gasteiger partial charge in [-0.25, -0.2) is 4.68 Å². The largest absolute Gasteiger partial charge is 0.494 e. The topological polar surface area (TPSA) is 62.3 Å². The zero-order valence-electron chi connectivity index (χ0n) is 20.5. The SMILES string of the molecule is CC(C)CCc1cc(-c2ccc(B3OC(C)(C)C(C)(C)O3)cc2)nn1-c1ccc(SN)cc1. The van der Waals surface area contributed by atoms with Crippen LogP contribution in [0.1, 0.15) is 53.7 Å². The molecule has 2 aromatic carbocycles. The van der Waals surface area contributed by atoms with Crippen LogP contribution in [0.4, 0.5) is 0 Å². The lowest BCUT2D eigenvalue weighted by molar-refractivity contribution is 0.00578. The van der Waals surface area contributed by atoms with Crippen molar-refractivity contribution in [2.45, 2.75) is 70.5 Å². The van der Waals surface area contributed by atoms with Crippen molar-refractivity contribution in [2.75, 3.05) is 0 Å². The third kappa shape index (κ3) is 5.07. The third-order valence-electron chi connectivity index (χ3n) is 6.71. The molecule has 0 spiro atoms. The van der Waals surface area contributed by atoms with E-state index < -0.39 is 0 Å². The number of nitrogens with two attached hydrogens (primary N) is 1. The van der Waals surface area contributed by atoms with E-state index in [1.54, 1.807) is 0 Å². The Balaban J connectivity index is 1.62. The Hall–Kier alpha value is -2.06. The van der Waals surface area contributed by atoms with Crippen molar-refractivity contribution < 1.29 is 9.31 Å². The smallest absolute Gasteiger partial charge is 0.399 e. The molecule has 1 fully saturated rings. The van der Waals surface area contributed by atoms with Gasteiger partial charge in [0.05, 0.1) is 22.6 Å². The molecule has 0 saturated carbocycles. The molecule has 3 aromatic rings. The number of nitrogens with zero attached hydrogens (tertiary/aromatic N) is 2. The Morgan fingerprint density at radius 1 is 0.970 bits per heavy atom. The normalized spacial score (nSPS) is 17.2. The third-order valence-corrected chi connectivity index (χ3v) is 7.25. The van der Waals surface area contributed by atoms with Crippen molar-refractivity contribution in [3.05, 3.63) is 60.3 Å². The van der Waals surface area contributed by atoms with Gasteiger partial charge in [0.15, 0.2) is 0 Å². The monoisotopic (exact) mass is 463 g/mol. The van der Waals surface area contributed by atoms with Gasteiger partial charge in [-0.1, -0.05) is 38.1 Å². The highest BCUT2D eigenvalue weighted by Gasteiger charge is 2.51. The minimum atomic E-state index is -0.359. The lowest BCUT2D eigenvalue weighted by Crippen LogP contribution is -2.41. The van der Waals surface area contributed by atoms with Gasteiger partial charge in [0.25, 0.3) is 0 Å². The molecule has 0 unspecified atom stereocenters. The molecule has 2 heterocycles. The van der Waals surface area contributed by atoms with Crippen LogP contribution in [-0.2, 0) is 15.7 Å². The van der Waals surface area contributed by atoms with Crippen LogP contribution in [-0.4, -0.2) is 28.1 Å². The van der Waals surface area contributed by atoms with E-state index in [-0.39, 0.29) is 18.3 Å². The second kappa shape index (κ2) is 9.30. The molecule has 0 bridgehead atoms. The average Bonchev–Trinajstić information content (AvgIpc) is 3.30. The molecule has 1 saturated heterocycles. The molecule has 0 amide bonds. The van der Waals surface area contributed by atoms with Crippen molar-refractivity contribution in [3.63, 3.8) is 0 Å². The number of hydrogen-bond donors (Lipinski definition) is 1. The van der Waals surface area contributed by atoms with Gasteiger partial charge in [0.2, 0.25) is 0 Å². The van der Waals surface area contributed by atoms with Crippen LogP contribution in [0, 0.1) is 5.92 Å². The van der Waals surface area contributed by atoms with Gasteiger partial charge in [-0.05, 0) is 94.2 Å². The van der Waals surface area contributed by atoms with E-state index in [4.69, 9.17) is 19.5 Å². The molecule has 174 valence electrons. The summed E-state index contributed by atoms with van der Waals surface area (Å²) < 4.78 is 14.5. The maximum absolute atomic E-state index is 6.20. The molecule has 7 heteroatoms. The van der Waals surface area contributed by atoms with Gasteiger partial charge in [-0.3, -0.25) is 5.14 Å². The maximum Gasteiger partial charge on any atom is 0.494 e. The van der Waals surface area contributed by atoms with Crippen molar-refractivity contribution in [3.8, 4) is 16.9 Å². The summed E-state index contributed by atoms with van der Waals surface area (Å²) in [5.74, 6) is 0.631. The summed E-state index contributed by atoms with van der Waals surface area (Å²) >= 11 is 1.25. The highest BCUT2D eigenvalue weighted by Crippen LogP contribution is 2.36. The summed E-state index contributed by atoms with van der Waals surface area (Å²) in [4.78, 5) is 1.04. The zero-order chi connectivity index (χ0) is 23.8.